The largest absolute Gasteiger partial charge is 0.399 e. The average Bonchev–Trinajstić information content (AvgIpc) is 2.51. The Hall–Kier alpha value is -1.55. The highest BCUT2D eigenvalue weighted by Crippen LogP contribution is 2.12. The van der Waals surface area contributed by atoms with Crippen LogP contribution >= 0.6 is 0 Å². The second-order valence-corrected chi connectivity index (χ2v) is 4.89. The van der Waals surface area contributed by atoms with Crippen LogP contribution in [0, 0.1) is 0 Å². The van der Waals surface area contributed by atoms with Crippen LogP contribution in [0.15, 0.2) is 24.3 Å². The van der Waals surface area contributed by atoms with Gasteiger partial charge in [0, 0.05) is 32.4 Å². The van der Waals surface area contributed by atoms with E-state index in [0.717, 1.165) is 38.2 Å². The first kappa shape index (κ1) is 12.9. The molecule has 4 nitrogen and oxygen atoms in total. The lowest BCUT2D eigenvalue weighted by molar-refractivity contribution is -0.129. The molecular formula is C14H21N3O. The van der Waals surface area contributed by atoms with Crippen molar-refractivity contribution in [3.05, 3.63) is 29.8 Å². The molecule has 1 aliphatic rings. The van der Waals surface area contributed by atoms with Gasteiger partial charge in [0.15, 0.2) is 0 Å². The highest BCUT2D eigenvalue weighted by atomic mass is 16.2. The van der Waals surface area contributed by atoms with Gasteiger partial charge in [-0.15, -0.1) is 0 Å². The standard InChI is InChI=1S/C14H21N3O/c1-16-8-4-9-17(11-14(16)18)10-7-12-5-2-3-6-13(12)15/h2-3,5-6H,4,7-11,15H2,1H3. The average molecular weight is 247 g/mol. The van der Waals surface area contributed by atoms with Crippen molar-refractivity contribution in [2.45, 2.75) is 12.8 Å². The number of hydrogen-bond donors (Lipinski definition) is 1. The molecular weight excluding hydrogens is 226 g/mol. The number of nitrogens with zero attached hydrogens (tertiary/aromatic N) is 2. The molecule has 0 spiro atoms. The molecule has 18 heavy (non-hydrogen) atoms. The van der Waals surface area contributed by atoms with Gasteiger partial charge in [0.2, 0.25) is 5.91 Å². The fourth-order valence-electron chi connectivity index (χ4n) is 2.28. The monoisotopic (exact) mass is 247 g/mol. The Balaban J connectivity index is 1.90. The predicted molar refractivity (Wildman–Crippen MR) is 73.3 cm³/mol. The summed E-state index contributed by atoms with van der Waals surface area (Å²) in [6.45, 7) is 3.28. The Morgan fingerprint density at radius 1 is 1.28 bits per heavy atom. The van der Waals surface area contributed by atoms with Crippen molar-refractivity contribution in [1.82, 2.24) is 9.80 Å². The van der Waals surface area contributed by atoms with Gasteiger partial charge < -0.3 is 10.6 Å². The minimum atomic E-state index is 0.216. The van der Waals surface area contributed by atoms with Crippen LogP contribution in [-0.2, 0) is 11.2 Å². The van der Waals surface area contributed by atoms with Gasteiger partial charge in [-0.1, -0.05) is 18.2 Å². The first-order valence-corrected chi connectivity index (χ1v) is 6.46. The number of para-hydroxylation sites is 1. The second-order valence-electron chi connectivity index (χ2n) is 4.89. The molecule has 0 atom stereocenters. The molecule has 0 saturated carbocycles. The lowest BCUT2D eigenvalue weighted by Crippen LogP contribution is -2.35. The Morgan fingerprint density at radius 3 is 2.83 bits per heavy atom. The van der Waals surface area contributed by atoms with Crippen molar-refractivity contribution in [1.29, 1.82) is 0 Å². The van der Waals surface area contributed by atoms with E-state index in [0.29, 0.717) is 6.54 Å². The van der Waals surface area contributed by atoms with Gasteiger partial charge in [-0.2, -0.15) is 0 Å². The third-order valence-electron chi connectivity index (χ3n) is 3.50. The van der Waals surface area contributed by atoms with Crippen molar-refractivity contribution >= 4 is 11.6 Å². The summed E-state index contributed by atoms with van der Waals surface area (Å²) >= 11 is 0. The van der Waals surface area contributed by atoms with Gasteiger partial charge in [0.25, 0.3) is 0 Å². The maximum Gasteiger partial charge on any atom is 0.236 e. The highest BCUT2D eigenvalue weighted by molar-refractivity contribution is 5.78. The normalized spacial score (nSPS) is 17.8. The van der Waals surface area contributed by atoms with E-state index in [2.05, 4.69) is 11.0 Å². The molecule has 1 amide bonds. The van der Waals surface area contributed by atoms with Crippen LogP contribution in [0.4, 0.5) is 5.69 Å². The maximum absolute atomic E-state index is 11.8. The summed E-state index contributed by atoms with van der Waals surface area (Å²) in [5, 5.41) is 0. The van der Waals surface area contributed by atoms with Crippen molar-refractivity contribution < 1.29 is 4.79 Å². The molecule has 2 rings (SSSR count). The summed E-state index contributed by atoms with van der Waals surface area (Å²) in [4.78, 5) is 15.8. The molecule has 1 aliphatic heterocycles. The van der Waals surface area contributed by atoms with E-state index < -0.39 is 0 Å². The number of benzene rings is 1. The fourth-order valence-corrected chi connectivity index (χ4v) is 2.28. The molecule has 1 heterocycles. The summed E-state index contributed by atoms with van der Waals surface area (Å²) in [7, 11) is 1.88. The van der Waals surface area contributed by atoms with Crippen molar-refractivity contribution in [2.75, 3.05) is 39.0 Å². The van der Waals surface area contributed by atoms with Crippen LogP contribution in [0.3, 0.4) is 0 Å². The molecule has 1 aromatic rings. The Labute approximate surface area is 108 Å². The summed E-state index contributed by atoms with van der Waals surface area (Å²) in [6.07, 6.45) is 1.95. The third-order valence-corrected chi connectivity index (χ3v) is 3.50. The lowest BCUT2D eigenvalue weighted by Gasteiger charge is -2.19. The van der Waals surface area contributed by atoms with Gasteiger partial charge in [-0.25, -0.2) is 0 Å². The number of hydrogen-bond acceptors (Lipinski definition) is 3. The zero-order valence-corrected chi connectivity index (χ0v) is 10.9. The van der Waals surface area contributed by atoms with Crippen LogP contribution in [0.25, 0.3) is 0 Å². The number of rotatable bonds is 3. The Kier molecular flexibility index (Phi) is 4.20. The molecule has 4 heteroatoms. The maximum atomic E-state index is 11.8. The number of likely N-dealkylation sites (N-methyl/N-ethyl adjacent to an activating group) is 1. The van der Waals surface area contributed by atoms with E-state index >= 15 is 0 Å². The SMILES string of the molecule is CN1CCCN(CCc2ccccc2N)CC1=O. The van der Waals surface area contributed by atoms with E-state index in [-0.39, 0.29) is 5.91 Å². The van der Waals surface area contributed by atoms with Gasteiger partial charge >= 0.3 is 0 Å². The molecule has 1 fully saturated rings. The van der Waals surface area contributed by atoms with Crippen molar-refractivity contribution in [2.24, 2.45) is 0 Å². The molecule has 0 unspecified atom stereocenters. The first-order chi connectivity index (χ1) is 8.66. The number of carbonyl (C=O) groups excluding carboxylic acids is 1. The van der Waals surface area contributed by atoms with Crippen LogP contribution in [0.1, 0.15) is 12.0 Å². The molecule has 0 aliphatic carbocycles. The zero-order chi connectivity index (χ0) is 13.0. The molecule has 0 bridgehead atoms. The van der Waals surface area contributed by atoms with Gasteiger partial charge in [0.05, 0.1) is 6.54 Å². The first-order valence-electron chi connectivity index (χ1n) is 6.46. The van der Waals surface area contributed by atoms with E-state index in [9.17, 15) is 4.79 Å². The molecule has 1 saturated heterocycles. The molecule has 2 N–H and O–H groups in total. The number of anilines is 1. The van der Waals surface area contributed by atoms with E-state index in [1.165, 1.54) is 5.56 Å². The molecule has 1 aromatic carbocycles. The fraction of sp³-hybridized carbons (Fsp3) is 0.500. The topological polar surface area (TPSA) is 49.6 Å². The van der Waals surface area contributed by atoms with Crippen LogP contribution < -0.4 is 5.73 Å². The Morgan fingerprint density at radius 2 is 2.06 bits per heavy atom. The molecule has 0 radical (unpaired) electrons. The second kappa shape index (κ2) is 5.87. The number of nitrogen functional groups attached to an aromatic ring is 1. The van der Waals surface area contributed by atoms with Crippen LogP contribution in [-0.4, -0.2) is 48.9 Å². The lowest BCUT2D eigenvalue weighted by atomic mass is 10.1. The van der Waals surface area contributed by atoms with E-state index in [4.69, 9.17) is 5.73 Å². The smallest absolute Gasteiger partial charge is 0.236 e. The summed E-state index contributed by atoms with van der Waals surface area (Å²) in [5.41, 5.74) is 7.94. The summed E-state index contributed by atoms with van der Waals surface area (Å²) in [5.74, 6) is 0.216. The van der Waals surface area contributed by atoms with Gasteiger partial charge in [0.1, 0.15) is 0 Å². The summed E-state index contributed by atoms with van der Waals surface area (Å²) < 4.78 is 0. The van der Waals surface area contributed by atoms with Crippen molar-refractivity contribution in [3.63, 3.8) is 0 Å². The molecule has 98 valence electrons. The van der Waals surface area contributed by atoms with E-state index in [1.807, 2.05) is 30.1 Å². The van der Waals surface area contributed by atoms with Crippen molar-refractivity contribution in [3.8, 4) is 0 Å². The minimum Gasteiger partial charge on any atom is -0.399 e. The van der Waals surface area contributed by atoms with E-state index in [1.54, 1.807) is 0 Å². The summed E-state index contributed by atoms with van der Waals surface area (Å²) in [6, 6.07) is 7.94. The quantitative estimate of drug-likeness (QED) is 0.810. The van der Waals surface area contributed by atoms with Gasteiger partial charge in [-0.3, -0.25) is 9.69 Å². The van der Waals surface area contributed by atoms with Gasteiger partial charge in [-0.05, 0) is 24.5 Å². The number of carbonyl (C=O) groups is 1. The number of amides is 1. The minimum absolute atomic E-state index is 0.216. The van der Waals surface area contributed by atoms with Crippen LogP contribution in [0.2, 0.25) is 0 Å². The highest BCUT2D eigenvalue weighted by Gasteiger charge is 2.18. The third kappa shape index (κ3) is 3.23. The predicted octanol–water partition coefficient (Wildman–Crippen LogP) is 0.975. The zero-order valence-electron chi connectivity index (χ0n) is 10.9. The van der Waals surface area contributed by atoms with Crippen LogP contribution in [0.5, 0.6) is 0 Å². The Bertz CT molecular complexity index is 419. The molecule has 0 aromatic heterocycles. The number of nitrogens with two attached hydrogens (primary N) is 1.